The number of esters is 1. The Morgan fingerprint density at radius 3 is 2.33 bits per heavy atom. The van der Waals surface area contributed by atoms with Gasteiger partial charge in [-0.1, -0.05) is 46.4 Å². The number of anilines is 1. The molecule has 0 radical (unpaired) electrons. The van der Waals surface area contributed by atoms with E-state index in [4.69, 9.17) is 60.6 Å². The van der Waals surface area contributed by atoms with Crippen molar-refractivity contribution in [3.63, 3.8) is 0 Å². The summed E-state index contributed by atoms with van der Waals surface area (Å²) in [5.74, 6) is -0.707. The van der Waals surface area contributed by atoms with E-state index in [0.717, 1.165) is 19.4 Å². The molecule has 10 heteroatoms. The second-order valence-corrected chi connectivity index (χ2v) is 8.01. The molecule has 0 saturated carbocycles. The van der Waals surface area contributed by atoms with Gasteiger partial charge in [0, 0.05) is 6.61 Å². The number of halogens is 4. The minimum Gasteiger partial charge on any atom is -0.491 e. The zero-order valence-corrected chi connectivity index (χ0v) is 18.6. The zero-order valence-electron chi connectivity index (χ0n) is 15.6. The number of carbonyl (C=O) groups is 2. The maximum Gasteiger partial charge on any atom is 0.338 e. The van der Waals surface area contributed by atoms with Crippen molar-refractivity contribution in [1.29, 1.82) is 0 Å². The summed E-state index contributed by atoms with van der Waals surface area (Å²) < 4.78 is 16.2. The lowest BCUT2D eigenvalue weighted by atomic mass is 10.2. The van der Waals surface area contributed by atoms with Gasteiger partial charge in [0.1, 0.15) is 12.4 Å². The number of amides is 1. The first-order chi connectivity index (χ1) is 14.3. The lowest BCUT2D eigenvalue weighted by molar-refractivity contribution is -0.119. The molecule has 1 aliphatic heterocycles. The second kappa shape index (κ2) is 10.6. The summed E-state index contributed by atoms with van der Waals surface area (Å²) in [5, 5.41) is 2.75. The third-order valence-corrected chi connectivity index (χ3v) is 5.84. The maximum atomic E-state index is 12.2. The van der Waals surface area contributed by atoms with Crippen LogP contribution in [-0.2, 0) is 14.3 Å². The highest BCUT2D eigenvalue weighted by Crippen LogP contribution is 2.40. The SMILES string of the molecule is O=C(COC(=O)c1ccc(OCC2CCCO2)cc1)Nc1c(Cl)c(Cl)cc(Cl)c1Cl. The van der Waals surface area contributed by atoms with Crippen LogP contribution in [0, 0.1) is 0 Å². The molecular formula is C20H17Cl4NO5. The molecule has 3 rings (SSSR count). The number of hydrogen-bond acceptors (Lipinski definition) is 5. The van der Waals surface area contributed by atoms with Gasteiger partial charge in [0.25, 0.3) is 5.91 Å². The Morgan fingerprint density at radius 1 is 1.07 bits per heavy atom. The van der Waals surface area contributed by atoms with Crippen LogP contribution in [0.1, 0.15) is 23.2 Å². The quantitative estimate of drug-likeness (QED) is 0.399. The van der Waals surface area contributed by atoms with E-state index in [1.54, 1.807) is 24.3 Å². The maximum absolute atomic E-state index is 12.2. The third kappa shape index (κ3) is 5.93. The van der Waals surface area contributed by atoms with E-state index in [1.807, 2.05) is 0 Å². The normalized spacial score (nSPS) is 15.7. The molecule has 1 aliphatic rings. The first kappa shape index (κ1) is 23.0. The number of carbonyl (C=O) groups excluding carboxylic acids is 2. The zero-order chi connectivity index (χ0) is 21.7. The molecule has 2 aromatic carbocycles. The molecule has 30 heavy (non-hydrogen) atoms. The van der Waals surface area contributed by atoms with E-state index >= 15 is 0 Å². The summed E-state index contributed by atoms with van der Waals surface area (Å²) in [5.41, 5.74) is 0.318. The standard InChI is InChI=1S/C20H17Cl4NO5/c21-14-8-15(22)18(24)19(17(14)23)25-16(26)10-30-20(27)11-3-5-12(6-4-11)29-9-13-2-1-7-28-13/h3-6,8,13H,1-2,7,9-10H2,(H,25,26). The smallest absolute Gasteiger partial charge is 0.338 e. The van der Waals surface area contributed by atoms with E-state index < -0.39 is 18.5 Å². The van der Waals surface area contributed by atoms with Crippen LogP contribution in [0.15, 0.2) is 30.3 Å². The Labute approximate surface area is 193 Å². The summed E-state index contributed by atoms with van der Waals surface area (Å²) >= 11 is 23.9. The number of rotatable bonds is 7. The predicted octanol–water partition coefficient (Wildman–Crippen LogP) is 5.65. The first-order valence-electron chi connectivity index (χ1n) is 8.99. The van der Waals surface area contributed by atoms with Crippen molar-refractivity contribution in [3.05, 3.63) is 56.0 Å². The molecule has 0 bridgehead atoms. The van der Waals surface area contributed by atoms with Crippen molar-refractivity contribution >= 4 is 64.0 Å². The predicted molar refractivity (Wildman–Crippen MR) is 116 cm³/mol. The lowest BCUT2D eigenvalue weighted by Gasteiger charge is -2.12. The van der Waals surface area contributed by atoms with E-state index in [-0.39, 0.29) is 37.4 Å². The van der Waals surface area contributed by atoms with Crippen LogP contribution in [0.25, 0.3) is 0 Å². The molecule has 1 saturated heterocycles. The highest BCUT2D eigenvalue weighted by Gasteiger charge is 2.18. The van der Waals surface area contributed by atoms with Gasteiger partial charge in [-0.15, -0.1) is 0 Å². The summed E-state index contributed by atoms with van der Waals surface area (Å²) in [6.07, 6.45) is 2.11. The molecule has 1 N–H and O–H groups in total. The van der Waals surface area contributed by atoms with Crippen LogP contribution in [-0.4, -0.2) is 37.8 Å². The molecule has 1 atom stereocenters. The van der Waals surface area contributed by atoms with Crippen LogP contribution in [0.4, 0.5) is 5.69 Å². The fourth-order valence-electron chi connectivity index (χ4n) is 2.73. The second-order valence-electron chi connectivity index (χ2n) is 6.44. The van der Waals surface area contributed by atoms with Gasteiger partial charge in [0.05, 0.1) is 37.4 Å². The third-order valence-electron chi connectivity index (χ3n) is 4.26. The molecule has 0 aliphatic carbocycles. The molecule has 6 nitrogen and oxygen atoms in total. The van der Waals surface area contributed by atoms with Gasteiger partial charge in [0.2, 0.25) is 0 Å². The van der Waals surface area contributed by atoms with Gasteiger partial charge < -0.3 is 19.5 Å². The Bertz CT molecular complexity index is 904. The molecule has 0 aromatic heterocycles. The average Bonchev–Trinajstić information content (AvgIpc) is 3.26. The van der Waals surface area contributed by atoms with E-state index in [2.05, 4.69) is 5.32 Å². The monoisotopic (exact) mass is 491 g/mol. The highest BCUT2D eigenvalue weighted by molar-refractivity contribution is 6.50. The highest BCUT2D eigenvalue weighted by atomic mass is 35.5. The Balaban J connectivity index is 1.51. The van der Waals surface area contributed by atoms with Gasteiger partial charge >= 0.3 is 5.97 Å². The molecule has 160 valence electrons. The van der Waals surface area contributed by atoms with E-state index in [9.17, 15) is 9.59 Å². The fraction of sp³-hybridized carbons (Fsp3) is 0.300. The minimum absolute atomic E-state index is 0.0318. The van der Waals surface area contributed by atoms with Gasteiger partial charge in [-0.2, -0.15) is 0 Å². The fourth-order valence-corrected chi connectivity index (χ4v) is 3.63. The van der Waals surface area contributed by atoms with Crippen LogP contribution in [0.5, 0.6) is 5.75 Å². The van der Waals surface area contributed by atoms with Crippen molar-refractivity contribution in [3.8, 4) is 5.75 Å². The van der Waals surface area contributed by atoms with Crippen LogP contribution in [0.2, 0.25) is 20.1 Å². The Kier molecular flexibility index (Phi) is 8.08. The van der Waals surface area contributed by atoms with E-state index in [1.165, 1.54) is 6.07 Å². The number of nitrogens with one attached hydrogen (secondary N) is 1. The van der Waals surface area contributed by atoms with Crippen molar-refractivity contribution in [2.45, 2.75) is 18.9 Å². The van der Waals surface area contributed by atoms with Crippen molar-refractivity contribution < 1.29 is 23.8 Å². The molecular weight excluding hydrogens is 476 g/mol. The van der Waals surface area contributed by atoms with Gasteiger partial charge in [-0.05, 0) is 43.2 Å². The molecule has 1 heterocycles. The van der Waals surface area contributed by atoms with E-state index in [0.29, 0.717) is 12.4 Å². The summed E-state index contributed by atoms with van der Waals surface area (Å²) in [4.78, 5) is 24.3. The average molecular weight is 493 g/mol. The first-order valence-corrected chi connectivity index (χ1v) is 10.5. The molecule has 2 aromatic rings. The van der Waals surface area contributed by atoms with Crippen molar-refractivity contribution in [1.82, 2.24) is 0 Å². The summed E-state index contributed by atoms with van der Waals surface area (Å²) in [6.45, 7) is 0.671. The van der Waals surface area contributed by atoms with Crippen LogP contribution >= 0.6 is 46.4 Å². The van der Waals surface area contributed by atoms with Gasteiger partial charge in [-0.25, -0.2) is 4.79 Å². The van der Waals surface area contributed by atoms with Gasteiger partial charge in [-0.3, -0.25) is 4.79 Å². The Hall–Kier alpha value is -1.70. The topological polar surface area (TPSA) is 73.9 Å². The molecule has 1 amide bonds. The summed E-state index contributed by atoms with van der Waals surface area (Å²) in [6, 6.07) is 7.76. The van der Waals surface area contributed by atoms with Gasteiger partial charge in [0.15, 0.2) is 6.61 Å². The van der Waals surface area contributed by atoms with Crippen molar-refractivity contribution in [2.24, 2.45) is 0 Å². The largest absolute Gasteiger partial charge is 0.491 e. The van der Waals surface area contributed by atoms with Crippen LogP contribution < -0.4 is 10.1 Å². The number of benzene rings is 2. The Morgan fingerprint density at radius 2 is 1.73 bits per heavy atom. The molecule has 1 unspecified atom stereocenters. The van der Waals surface area contributed by atoms with Crippen LogP contribution in [0.3, 0.4) is 0 Å². The minimum atomic E-state index is -0.669. The number of ether oxygens (including phenoxy) is 3. The molecule has 0 spiro atoms. The molecule has 1 fully saturated rings. The summed E-state index contributed by atoms with van der Waals surface area (Å²) in [7, 11) is 0. The van der Waals surface area contributed by atoms with Crippen molar-refractivity contribution in [2.75, 3.05) is 25.1 Å². The number of hydrogen-bond donors (Lipinski definition) is 1. The lowest BCUT2D eigenvalue weighted by Crippen LogP contribution is -2.21.